The summed E-state index contributed by atoms with van der Waals surface area (Å²) in [6, 6.07) is 9.91. The second-order valence-electron chi connectivity index (χ2n) is 5.41. The van der Waals surface area contributed by atoms with Crippen molar-refractivity contribution in [1.82, 2.24) is 9.69 Å². The van der Waals surface area contributed by atoms with Crippen LogP contribution in [0.3, 0.4) is 0 Å². The molecule has 2 aromatic rings. The van der Waals surface area contributed by atoms with Crippen LogP contribution in [0.15, 0.2) is 30.3 Å². The second kappa shape index (κ2) is 8.44. The average molecular weight is 347 g/mol. The zero-order chi connectivity index (χ0) is 17.5. The van der Waals surface area contributed by atoms with Crippen molar-refractivity contribution in [3.63, 3.8) is 0 Å². The molecule has 0 saturated heterocycles. The summed E-state index contributed by atoms with van der Waals surface area (Å²) in [5.74, 6) is -0.681. The van der Waals surface area contributed by atoms with E-state index in [1.54, 1.807) is 14.0 Å². The number of aryl methyl sites for hydroxylation is 1. The number of carbonyl (C=O) groups excluding carboxylic acids is 2. The molecule has 1 amide bonds. The summed E-state index contributed by atoms with van der Waals surface area (Å²) in [6.07, 6.45) is 0. The smallest absolute Gasteiger partial charge is 0.343 e. The fourth-order valence-electron chi connectivity index (χ4n) is 2.20. The molecule has 2 N–H and O–H groups in total. The van der Waals surface area contributed by atoms with Crippen LogP contribution in [0.2, 0.25) is 0 Å². The molecule has 1 unspecified atom stereocenters. The van der Waals surface area contributed by atoms with Crippen LogP contribution in [0.4, 0.5) is 5.00 Å². The third-order valence-electron chi connectivity index (χ3n) is 3.60. The van der Waals surface area contributed by atoms with Crippen molar-refractivity contribution < 1.29 is 14.3 Å². The van der Waals surface area contributed by atoms with E-state index in [-0.39, 0.29) is 18.4 Å². The number of hydrogen-bond acceptors (Lipinski definition) is 6. The number of anilines is 1. The van der Waals surface area contributed by atoms with Crippen LogP contribution in [0.25, 0.3) is 0 Å². The van der Waals surface area contributed by atoms with Gasteiger partial charge in [0.15, 0.2) is 6.61 Å². The average Bonchev–Trinajstić information content (AvgIpc) is 2.99. The van der Waals surface area contributed by atoms with Crippen molar-refractivity contribution in [3.8, 4) is 0 Å². The molecule has 1 heterocycles. The highest BCUT2D eigenvalue weighted by Crippen LogP contribution is 2.24. The van der Waals surface area contributed by atoms with Gasteiger partial charge in [0.1, 0.15) is 10.6 Å². The number of rotatable bonds is 7. The molecular weight excluding hydrogens is 326 g/mol. The number of hydrogen-bond donors (Lipinski definition) is 2. The van der Waals surface area contributed by atoms with Crippen LogP contribution < -0.4 is 10.6 Å². The van der Waals surface area contributed by atoms with Gasteiger partial charge in [-0.2, -0.15) is 4.37 Å². The fraction of sp³-hybridized carbons (Fsp3) is 0.353. The van der Waals surface area contributed by atoms with Gasteiger partial charge in [-0.25, -0.2) is 4.79 Å². The van der Waals surface area contributed by atoms with Gasteiger partial charge in [-0.1, -0.05) is 37.3 Å². The van der Waals surface area contributed by atoms with Crippen LogP contribution in [0.5, 0.6) is 0 Å². The maximum Gasteiger partial charge on any atom is 0.343 e. The highest BCUT2D eigenvalue weighted by molar-refractivity contribution is 7.10. The number of carbonyl (C=O) groups is 2. The van der Waals surface area contributed by atoms with Crippen LogP contribution >= 0.6 is 11.5 Å². The molecule has 1 atom stereocenters. The van der Waals surface area contributed by atoms with Gasteiger partial charge < -0.3 is 15.4 Å². The van der Waals surface area contributed by atoms with E-state index in [1.165, 1.54) is 11.5 Å². The Morgan fingerprint density at radius 2 is 2.00 bits per heavy atom. The van der Waals surface area contributed by atoms with E-state index < -0.39 is 5.97 Å². The maximum atomic E-state index is 12.1. The number of ether oxygens (including phenoxy) is 1. The molecule has 7 heteroatoms. The van der Waals surface area contributed by atoms with E-state index in [0.717, 1.165) is 5.56 Å². The molecule has 0 aliphatic carbocycles. The third kappa shape index (κ3) is 4.55. The lowest BCUT2D eigenvalue weighted by Crippen LogP contribution is -2.31. The van der Waals surface area contributed by atoms with Crippen molar-refractivity contribution in [2.75, 3.05) is 25.5 Å². The number of nitrogens with zero attached hydrogens (tertiary/aromatic N) is 1. The first-order chi connectivity index (χ1) is 11.5. The van der Waals surface area contributed by atoms with Gasteiger partial charge in [0, 0.05) is 13.6 Å². The first kappa shape index (κ1) is 17.9. The SMILES string of the molecule is CNc1snc(C)c1C(=O)OCC(=O)NCC(C)c1ccccc1. The van der Waals surface area contributed by atoms with E-state index >= 15 is 0 Å². The normalized spacial score (nSPS) is 11.6. The first-order valence-electron chi connectivity index (χ1n) is 7.65. The monoisotopic (exact) mass is 347 g/mol. The molecular formula is C17H21N3O3S. The molecule has 0 spiro atoms. The van der Waals surface area contributed by atoms with Gasteiger partial charge in [0.2, 0.25) is 0 Å². The second-order valence-corrected chi connectivity index (χ2v) is 6.19. The fourth-order valence-corrected chi connectivity index (χ4v) is 2.93. The Hall–Kier alpha value is -2.41. The number of benzene rings is 1. The third-order valence-corrected chi connectivity index (χ3v) is 4.56. The Labute approximate surface area is 145 Å². The molecule has 24 heavy (non-hydrogen) atoms. The predicted octanol–water partition coefficient (Wildman–Crippen LogP) is 2.57. The lowest BCUT2D eigenvalue weighted by molar-refractivity contribution is -0.124. The Morgan fingerprint density at radius 1 is 1.29 bits per heavy atom. The van der Waals surface area contributed by atoms with E-state index in [0.29, 0.717) is 22.8 Å². The molecule has 128 valence electrons. The van der Waals surface area contributed by atoms with E-state index in [1.807, 2.05) is 37.3 Å². The minimum Gasteiger partial charge on any atom is -0.452 e. The largest absolute Gasteiger partial charge is 0.452 e. The van der Waals surface area contributed by atoms with Gasteiger partial charge in [0.05, 0.1) is 5.69 Å². The highest BCUT2D eigenvalue weighted by Gasteiger charge is 2.20. The van der Waals surface area contributed by atoms with Gasteiger partial charge >= 0.3 is 5.97 Å². The minimum absolute atomic E-state index is 0.185. The lowest BCUT2D eigenvalue weighted by Gasteiger charge is -2.13. The zero-order valence-electron chi connectivity index (χ0n) is 14.0. The van der Waals surface area contributed by atoms with Crippen molar-refractivity contribution >= 4 is 28.4 Å². The summed E-state index contributed by atoms with van der Waals surface area (Å²) in [7, 11) is 1.71. The quantitative estimate of drug-likeness (QED) is 0.753. The highest BCUT2D eigenvalue weighted by atomic mass is 32.1. The standard InChI is InChI=1S/C17H21N3O3S/c1-11(13-7-5-4-6-8-13)9-19-14(21)10-23-17(22)15-12(2)20-24-16(15)18-3/h4-8,11,18H,9-10H2,1-3H3,(H,19,21). The summed E-state index contributed by atoms with van der Waals surface area (Å²) in [5, 5.41) is 6.31. The lowest BCUT2D eigenvalue weighted by atomic mass is 10.0. The van der Waals surface area contributed by atoms with Gasteiger partial charge in [-0.05, 0) is 29.9 Å². The summed E-state index contributed by atoms with van der Waals surface area (Å²) in [5.41, 5.74) is 2.12. The van der Waals surface area contributed by atoms with Crippen LogP contribution in [-0.4, -0.2) is 36.4 Å². The molecule has 6 nitrogen and oxygen atoms in total. The van der Waals surface area contributed by atoms with Gasteiger partial charge in [-0.15, -0.1) is 0 Å². The molecule has 0 saturated carbocycles. The van der Waals surface area contributed by atoms with Crippen molar-refractivity contribution in [3.05, 3.63) is 47.2 Å². The maximum absolute atomic E-state index is 12.1. The summed E-state index contributed by atoms with van der Waals surface area (Å²) >= 11 is 1.19. The molecule has 2 rings (SSSR count). The Morgan fingerprint density at radius 3 is 2.67 bits per heavy atom. The van der Waals surface area contributed by atoms with Crippen LogP contribution in [0, 0.1) is 6.92 Å². The van der Waals surface area contributed by atoms with Crippen molar-refractivity contribution in [2.24, 2.45) is 0 Å². The first-order valence-corrected chi connectivity index (χ1v) is 8.43. The topological polar surface area (TPSA) is 80.3 Å². The van der Waals surface area contributed by atoms with E-state index in [2.05, 4.69) is 15.0 Å². The minimum atomic E-state index is -0.545. The van der Waals surface area contributed by atoms with Crippen LogP contribution in [0.1, 0.15) is 34.5 Å². The van der Waals surface area contributed by atoms with Crippen molar-refractivity contribution in [1.29, 1.82) is 0 Å². The number of aromatic nitrogens is 1. The number of esters is 1. The molecule has 0 aliphatic rings. The Balaban J connectivity index is 1.81. The predicted molar refractivity (Wildman–Crippen MR) is 94.5 cm³/mol. The number of nitrogens with one attached hydrogen (secondary N) is 2. The summed E-state index contributed by atoms with van der Waals surface area (Å²) in [4.78, 5) is 24.0. The molecule has 0 aliphatic heterocycles. The van der Waals surface area contributed by atoms with Crippen molar-refractivity contribution in [2.45, 2.75) is 19.8 Å². The molecule has 0 radical (unpaired) electrons. The Kier molecular flexibility index (Phi) is 6.31. The Bertz CT molecular complexity index is 700. The van der Waals surface area contributed by atoms with Gasteiger partial charge in [0.25, 0.3) is 5.91 Å². The van der Waals surface area contributed by atoms with Crippen LogP contribution in [-0.2, 0) is 9.53 Å². The zero-order valence-corrected chi connectivity index (χ0v) is 14.8. The summed E-state index contributed by atoms with van der Waals surface area (Å²) < 4.78 is 9.19. The molecule has 0 fully saturated rings. The molecule has 1 aromatic heterocycles. The van der Waals surface area contributed by atoms with Gasteiger partial charge in [-0.3, -0.25) is 4.79 Å². The molecule has 0 bridgehead atoms. The van der Waals surface area contributed by atoms with E-state index in [4.69, 9.17) is 4.74 Å². The number of amides is 1. The molecule has 1 aromatic carbocycles. The van der Waals surface area contributed by atoms with E-state index in [9.17, 15) is 9.59 Å². The summed E-state index contributed by atoms with van der Waals surface area (Å²) in [6.45, 7) is 3.94.